The lowest BCUT2D eigenvalue weighted by atomic mass is 9.80. The van der Waals surface area contributed by atoms with Gasteiger partial charge >= 0.3 is 0 Å². The third kappa shape index (κ3) is 3.11. The summed E-state index contributed by atoms with van der Waals surface area (Å²) in [6.45, 7) is 9.05. The molecule has 2 aromatic rings. The summed E-state index contributed by atoms with van der Waals surface area (Å²) in [6, 6.07) is 21.3. The van der Waals surface area contributed by atoms with Gasteiger partial charge < -0.3 is 4.74 Å². The monoisotopic (exact) mass is 306 g/mol. The van der Waals surface area contributed by atoms with Crippen LogP contribution < -0.4 is 0 Å². The van der Waals surface area contributed by atoms with E-state index in [1.807, 2.05) is 0 Å². The van der Waals surface area contributed by atoms with Crippen LogP contribution in [-0.2, 0) is 4.74 Å². The van der Waals surface area contributed by atoms with E-state index in [0.29, 0.717) is 11.8 Å². The van der Waals surface area contributed by atoms with E-state index in [4.69, 9.17) is 4.74 Å². The highest BCUT2D eigenvalue weighted by molar-refractivity contribution is 5.31. The summed E-state index contributed by atoms with van der Waals surface area (Å²) in [7, 11) is 0. The normalized spacial score (nSPS) is 26.2. The van der Waals surface area contributed by atoms with Crippen molar-refractivity contribution in [2.24, 2.45) is 5.92 Å². The largest absolute Gasteiger partial charge is 0.365 e. The fourth-order valence-electron chi connectivity index (χ4n) is 3.62. The fourth-order valence-corrected chi connectivity index (χ4v) is 3.62. The Balaban J connectivity index is 1.95. The molecule has 0 amide bonds. The molecule has 1 aliphatic rings. The first-order valence-electron chi connectivity index (χ1n) is 8.52. The molecule has 120 valence electrons. The van der Waals surface area contributed by atoms with Gasteiger partial charge in [0.1, 0.15) is 0 Å². The van der Waals surface area contributed by atoms with Crippen LogP contribution in [0.5, 0.6) is 0 Å². The summed E-state index contributed by atoms with van der Waals surface area (Å²) in [4.78, 5) is 0. The average Bonchev–Trinajstić information content (AvgIpc) is 2.61. The maximum atomic E-state index is 6.63. The molecule has 0 radical (unpaired) electrons. The molecule has 0 N–H and O–H groups in total. The van der Waals surface area contributed by atoms with Crippen molar-refractivity contribution in [1.29, 1.82) is 0 Å². The van der Waals surface area contributed by atoms with Gasteiger partial charge in [0.05, 0.1) is 12.2 Å². The van der Waals surface area contributed by atoms with E-state index in [1.165, 1.54) is 22.3 Å². The minimum atomic E-state index is 0.135. The van der Waals surface area contributed by atoms with Gasteiger partial charge in [0.15, 0.2) is 0 Å². The van der Waals surface area contributed by atoms with Crippen molar-refractivity contribution >= 4 is 0 Å². The van der Waals surface area contributed by atoms with E-state index in [1.54, 1.807) is 0 Å². The summed E-state index contributed by atoms with van der Waals surface area (Å²) in [5, 5.41) is 0. The Morgan fingerprint density at radius 2 is 1.39 bits per heavy atom. The van der Waals surface area contributed by atoms with Gasteiger partial charge in [-0.05, 0) is 30.5 Å². The van der Waals surface area contributed by atoms with Crippen LogP contribution in [0.3, 0.4) is 0 Å². The molecule has 1 heterocycles. The van der Waals surface area contributed by atoms with Gasteiger partial charge in [-0.15, -0.1) is 0 Å². The molecule has 0 aliphatic carbocycles. The second kappa shape index (κ2) is 6.72. The van der Waals surface area contributed by atoms with Gasteiger partial charge in [-0.1, -0.05) is 80.1 Å². The Kier molecular flexibility index (Phi) is 4.68. The molecule has 1 heteroatoms. The Bertz CT molecular complexity index is 672. The molecule has 3 rings (SSSR count). The van der Waals surface area contributed by atoms with E-state index in [9.17, 15) is 0 Å². The molecule has 0 saturated heterocycles. The van der Waals surface area contributed by atoms with E-state index in [2.05, 4.69) is 88.4 Å². The molecule has 4 atom stereocenters. The van der Waals surface area contributed by atoms with Gasteiger partial charge in [0.25, 0.3) is 0 Å². The van der Waals surface area contributed by atoms with Crippen LogP contribution in [0.25, 0.3) is 0 Å². The first kappa shape index (κ1) is 16.0. The van der Waals surface area contributed by atoms with Crippen molar-refractivity contribution in [2.75, 3.05) is 0 Å². The molecule has 0 fully saturated rings. The first-order valence-corrected chi connectivity index (χ1v) is 8.52. The van der Waals surface area contributed by atoms with Crippen LogP contribution in [0.2, 0.25) is 0 Å². The number of benzene rings is 2. The standard InChI is InChI=1S/C22H26O/c1-15-16(2)21(18(4)19-11-7-5-8-12-19)23-22(17(15)3)20-13-9-6-10-14-20/h5-14,17-18,21-22H,1-4H3/t17-,18?,21?,22?/m0/s1. The van der Waals surface area contributed by atoms with E-state index in [0.717, 1.165) is 0 Å². The highest BCUT2D eigenvalue weighted by Crippen LogP contribution is 2.43. The number of hydrogen-bond donors (Lipinski definition) is 0. The van der Waals surface area contributed by atoms with Gasteiger partial charge in [-0.2, -0.15) is 0 Å². The zero-order valence-corrected chi connectivity index (χ0v) is 14.5. The van der Waals surface area contributed by atoms with Crippen molar-refractivity contribution in [3.05, 3.63) is 82.9 Å². The van der Waals surface area contributed by atoms with Crippen LogP contribution in [0.4, 0.5) is 0 Å². The highest BCUT2D eigenvalue weighted by atomic mass is 16.5. The molecular weight excluding hydrogens is 280 g/mol. The second-order valence-corrected chi connectivity index (χ2v) is 6.74. The van der Waals surface area contributed by atoms with E-state index >= 15 is 0 Å². The molecule has 2 aromatic carbocycles. The SMILES string of the molecule is CC1=C(C)[C@H](C)C(c2ccccc2)OC1C(C)c1ccccc1. The third-order valence-electron chi connectivity index (χ3n) is 5.39. The van der Waals surface area contributed by atoms with Crippen LogP contribution in [-0.4, -0.2) is 6.10 Å². The van der Waals surface area contributed by atoms with Gasteiger partial charge in [-0.25, -0.2) is 0 Å². The lowest BCUT2D eigenvalue weighted by molar-refractivity contribution is -0.0404. The number of hydrogen-bond acceptors (Lipinski definition) is 1. The lowest BCUT2D eigenvalue weighted by Crippen LogP contribution is -2.33. The molecule has 0 bridgehead atoms. The van der Waals surface area contributed by atoms with Gasteiger partial charge in [-0.3, -0.25) is 0 Å². The first-order chi connectivity index (χ1) is 11.1. The summed E-state index contributed by atoms with van der Waals surface area (Å²) >= 11 is 0. The van der Waals surface area contributed by atoms with Gasteiger partial charge in [0, 0.05) is 11.8 Å². The summed E-state index contributed by atoms with van der Waals surface area (Å²) in [6.07, 6.45) is 0.273. The number of rotatable bonds is 3. The Labute approximate surface area is 140 Å². The predicted octanol–water partition coefficient (Wildman–Crippen LogP) is 5.90. The van der Waals surface area contributed by atoms with Crippen molar-refractivity contribution in [3.63, 3.8) is 0 Å². The van der Waals surface area contributed by atoms with Crippen LogP contribution >= 0.6 is 0 Å². The molecular formula is C22H26O. The Hall–Kier alpha value is -1.86. The summed E-state index contributed by atoms with van der Waals surface area (Å²) in [5.74, 6) is 0.765. The molecule has 23 heavy (non-hydrogen) atoms. The van der Waals surface area contributed by atoms with E-state index < -0.39 is 0 Å². The molecule has 1 aliphatic heterocycles. The molecule has 1 nitrogen and oxygen atoms in total. The lowest BCUT2D eigenvalue weighted by Gasteiger charge is -2.40. The molecule has 0 aromatic heterocycles. The van der Waals surface area contributed by atoms with Crippen molar-refractivity contribution in [3.8, 4) is 0 Å². The minimum absolute atomic E-state index is 0.135. The molecule has 3 unspecified atom stereocenters. The quantitative estimate of drug-likeness (QED) is 0.641. The van der Waals surface area contributed by atoms with Crippen LogP contribution in [0.15, 0.2) is 71.8 Å². The highest BCUT2D eigenvalue weighted by Gasteiger charge is 2.35. The Morgan fingerprint density at radius 3 is 2.00 bits per heavy atom. The van der Waals surface area contributed by atoms with Crippen LogP contribution in [0, 0.1) is 5.92 Å². The van der Waals surface area contributed by atoms with Crippen molar-refractivity contribution < 1.29 is 4.74 Å². The van der Waals surface area contributed by atoms with E-state index in [-0.39, 0.29) is 12.2 Å². The zero-order chi connectivity index (χ0) is 16.4. The third-order valence-corrected chi connectivity index (χ3v) is 5.39. The maximum Gasteiger partial charge on any atom is 0.0895 e. The van der Waals surface area contributed by atoms with Crippen molar-refractivity contribution in [2.45, 2.75) is 45.8 Å². The summed E-state index contributed by atoms with van der Waals surface area (Å²) < 4.78 is 6.63. The van der Waals surface area contributed by atoms with Gasteiger partial charge in [0.2, 0.25) is 0 Å². The summed E-state index contributed by atoms with van der Waals surface area (Å²) in [5.41, 5.74) is 5.47. The average molecular weight is 306 g/mol. The number of ether oxygens (including phenoxy) is 1. The van der Waals surface area contributed by atoms with Crippen molar-refractivity contribution in [1.82, 2.24) is 0 Å². The molecule has 0 spiro atoms. The Morgan fingerprint density at radius 1 is 0.826 bits per heavy atom. The van der Waals surface area contributed by atoms with Crippen LogP contribution in [0.1, 0.15) is 50.8 Å². The topological polar surface area (TPSA) is 9.23 Å². The molecule has 0 saturated carbocycles. The minimum Gasteiger partial charge on any atom is -0.365 e. The maximum absolute atomic E-state index is 6.63. The zero-order valence-electron chi connectivity index (χ0n) is 14.5. The second-order valence-electron chi connectivity index (χ2n) is 6.74. The predicted molar refractivity (Wildman–Crippen MR) is 96.5 cm³/mol. The fraction of sp³-hybridized carbons (Fsp3) is 0.364. The smallest absolute Gasteiger partial charge is 0.0895 e.